The molecule has 0 aromatic rings. The molecule has 5 atom stereocenters. The summed E-state index contributed by atoms with van der Waals surface area (Å²) in [6, 6.07) is 0. The Balaban J connectivity index is 2.09. The normalized spacial score (nSPS) is 31.1. The molecule has 1 aliphatic heterocycles. The molecule has 0 bridgehead atoms. The lowest BCUT2D eigenvalue weighted by Gasteiger charge is -2.28. The highest BCUT2D eigenvalue weighted by atomic mass is 16.5. The number of ketones is 3. The molecule has 6 nitrogen and oxygen atoms in total. The fourth-order valence-corrected chi connectivity index (χ4v) is 5.23. The van der Waals surface area contributed by atoms with Gasteiger partial charge in [0.2, 0.25) is 0 Å². The zero-order chi connectivity index (χ0) is 26.0. The molecule has 1 saturated carbocycles. The summed E-state index contributed by atoms with van der Waals surface area (Å²) in [6.07, 6.45) is 11.2. The van der Waals surface area contributed by atoms with Gasteiger partial charge in [-0.2, -0.15) is 0 Å². The van der Waals surface area contributed by atoms with Crippen LogP contribution in [0.2, 0.25) is 0 Å². The molecule has 0 saturated heterocycles. The van der Waals surface area contributed by atoms with Crippen LogP contribution >= 0.6 is 0 Å². The third-order valence-electron chi connectivity index (χ3n) is 7.60. The van der Waals surface area contributed by atoms with Crippen LogP contribution in [0, 0.1) is 23.7 Å². The molecule has 0 radical (unpaired) electrons. The number of hydrogen-bond donors (Lipinski definition) is 0. The Morgan fingerprint density at radius 3 is 2.49 bits per heavy atom. The first-order valence-corrected chi connectivity index (χ1v) is 13.3. The first-order valence-electron chi connectivity index (χ1n) is 13.3. The Morgan fingerprint density at radius 2 is 1.83 bits per heavy atom. The van der Waals surface area contributed by atoms with Crippen LogP contribution in [0.15, 0.2) is 23.8 Å². The van der Waals surface area contributed by atoms with Gasteiger partial charge in [-0.15, -0.1) is 0 Å². The van der Waals surface area contributed by atoms with Crippen molar-refractivity contribution in [3.63, 3.8) is 0 Å². The first-order chi connectivity index (χ1) is 16.6. The van der Waals surface area contributed by atoms with Crippen LogP contribution in [0.3, 0.4) is 0 Å². The Bertz CT molecular complexity index is 794. The summed E-state index contributed by atoms with van der Waals surface area (Å²) in [5, 5.41) is 0. The minimum absolute atomic E-state index is 0.00408. The number of allylic oxidation sites excluding steroid dienone is 2. The first kappa shape index (κ1) is 29.2. The summed E-state index contributed by atoms with van der Waals surface area (Å²) in [5.74, 6) is -0.235. The minimum atomic E-state index is -0.595. The predicted octanol–water partition coefficient (Wildman–Crippen LogP) is 5.58. The average molecular weight is 489 g/mol. The summed E-state index contributed by atoms with van der Waals surface area (Å²) in [6.45, 7) is 8.05. The fraction of sp³-hybridized carbons (Fsp3) is 0.724. The summed E-state index contributed by atoms with van der Waals surface area (Å²) < 4.78 is 11.6. The second kappa shape index (κ2) is 14.5. The van der Waals surface area contributed by atoms with Crippen molar-refractivity contribution in [2.45, 2.75) is 104 Å². The van der Waals surface area contributed by atoms with E-state index in [1.807, 2.05) is 13.8 Å². The van der Waals surface area contributed by atoms with Gasteiger partial charge in [0, 0.05) is 32.8 Å². The monoisotopic (exact) mass is 488 g/mol. The number of hydrogen-bond acceptors (Lipinski definition) is 6. The van der Waals surface area contributed by atoms with Gasteiger partial charge in [0.05, 0.1) is 18.4 Å². The lowest BCUT2D eigenvalue weighted by atomic mass is 9.82. The maximum absolute atomic E-state index is 13.1. The van der Waals surface area contributed by atoms with E-state index in [9.17, 15) is 19.2 Å². The molecule has 1 fully saturated rings. The maximum Gasteiger partial charge on any atom is 0.306 e. The molecule has 2 rings (SSSR count). The van der Waals surface area contributed by atoms with Crippen LogP contribution in [0.25, 0.3) is 0 Å². The number of carbonyl (C=O) groups excluding carboxylic acids is 4. The standard InChI is InChI=1S/C29H44O6/c1-19-15-20(2)29(35-28(33)14-9-7-6-8-13-27(34-5)21(19)3)22(4)26(32)12-10-11-23-16-24(30)18-25(31)17-23/h8,13,15,19,21-23,27,29H,6-7,9-12,14,16-18H2,1-5H3/b13-8+,20-15-/t19-,21+,22-,27+,29?/m1/s1. The SMILES string of the molecule is CO[C@H]1/C=C/CCCCC(=O)OC([C@H](C)C(=O)CCCC2CC(=O)CC(=O)C2)/C(C)=C\[C@@H](C)[C@@H]1C. The van der Waals surface area contributed by atoms with Gasteiger partial charge in [-0.25, -0.2) is 0 Å². The molecule has 196 valence electrons. The van der Waals surface area contributed by atoms with E-state index in [0.717, 1.165) is 24.8 Å². The molecule has 1 aliphatic carbocycles. The van der Waals surface area contributed by atoms with Crippen molar-refractivity contribution < 1.29 is 28.7 Å². The predicted molar refractivity (Wildman–Crippen MR) is 136 cm³/mol. The molecule has 0 spiro atoms. The van der Waals surface area contributed by atoms with E-state index in [4.69, 9.17) is 9.47 Å². The number of ether oxygens (including phenoxy) is 2. The molecular formula is C29H44O6. The number of esters is 1. The highest BCUT2D eigenvalue weighted by Gasteiger charge is 2.31. The van der Waals surface area contributed by atoms with E-state index < -0.39 is 12.0 Å². The molecule has 0 aromatic carbocycles. The van der Waals surface area contributed by atoms with Gasteiger partial charge in [0.1, 0.15) is 23.5 Å². The molecule has 0 N–H and O–H groups in total. The maximum atomic E-state index is 13.1. The van der Waals surface area contributed by atoms with Gasteiger partial charge in [-0.05, 0) is 62.4 Å². The van der Waals surface area contributed by atoms with Crippen molar-refractivity contribution in [2.75, 3.05) is 7.11 Å². The highest BCUT2D eigenvalue weighted by Crippen LogP contribution is 2.28. The van der Waals surface area contributed by atoms with E-state index in [1.165, 1.54) is 0 Å². The van der Waals surface area contributed by atoms with Crippen LogP contribution in [0.5, 0.6) is 0 Å². The molecule has 1 heterocycles. The van der Waals surface area contributed by atoms with Gasteiger partial charge >= 0.3 is 5.97 Å². The van der Waals surface area contributed by atoms with E-state index in [1.54, 1.807) is 7.11 Å². The van der Waals surface area contributed by atoms with Crippen molar-refractivity contribution in [1.29, 1.82) is 0 Å². The van der Waals surface area contributed by atoms with Crippen molar-refractivity contribution >= 4 is 23.3 Å². The second-order valence-corrected chi connectivity index (χ2v) is 10.6. The molecule has 1 unspecified atom stereocenters. The number of rotatable bonds is 7. The zero-order valence-electron chi connectivity index (χ0n) is 22.2. The van der Waals surface area contributed by atoms with Crippen molar-refractivity contribution in [3.8, 4) is 0 Å². The van der Waals surface area contributed by atoms with Crippen molar-refractivity contribution in [3.05, 3.63) is 23.8 Å². The van der Waals surface area contributed by atoms with Gasteiger partial charge in [0.25, 0.3) is 0 Å². The molecule has 2 aliphatic rings. The van der Waals surface area contributed by atoms with Gasteiger partial charge in [-0.3, -0.25) is 19.2 Å². The van der Waals surface area contributed by atoms with E-state index in [2.05, 4.69) is 32.1 Å². The highest BCUT2D eigenvalue weighted by molar-refractivity contribution is 6.01. The molecule has 0 amide bonds. The smallest absolute Gasteiger partial charge is 0.306 e. The van der Waals surface area contributed by atoms with Crippen LogP contribution in [-0.4, -0.2) is 42.6 Å². The summed E-state index contributed by atoms with van der Waals surface area (Å²) in [4.78, 5) is 49.1. The summed E-state index contributed by atoms with van der Waals surface area (Å²) >= 11 is 0. The zero-order valence-corrected chi connectivity index (χ0v) is 22.2. The Morgan fingerprint density at radius 1 is 1.14 bits per heavy atom. The summed E-state index contributed by atoms with van der Waals surface area (Å²) in [7, 11) is 1.72. The van der Waals surface area contributed by atoms with Gasteiger partial charge in [0.15, 0.2) is 0 Å². The molecule has 35 heavy (non-hydrogen) atoms. The topological polar surface area (TPSA) is 86.7 Å². The van der Waals surface area contributed by atoms with E-state index >= 15 is 0 Å². The number of methoxy groups -OCH3 is 1. The number of carbonyl (C=O) groups is 4. The lowest BCUT2D eigenvalue weighted by Crippen LogP contribution is -2.33. The van der Waals surface area contributed by atoms with E-state index in [-0.39, 0.29) is 53.6 Å². The summed E-state index contributed by atoms with van der Waals surface area (Å²) in [5.41, 5.74) is 0.887. The quantitative estimate of drug-likeness (QED) is 0.264. The van der Waals surface area contributed by atoms with E-state index in [0.29, 0.717) is 38.5 Å². The Hall–Kier alpha value is -2.08. The third kappa shape index (κ3) is 9.47. The lowest BCUT2D eigenvalue weighted by molar-refractivity contribution is -0.151. The molecule has 0 aromatic heterocycles. The molecular weight excluding hydrogens is 444 g/mol. The molecule has 6 heteroatoms. The minimum Gasteiger partial charge on any atom is -0.457 e. The van der Waals surface area contributed by atoms with Gasteiger partial charge < -0.3 is 9.47 Å². The Kier molecular flexibility index (Phi) is 12.1. The van der Waals surface area contributed by atoms with Crippen LogP contribution < -0.4 is 0 Å². The van der Waals surface area contributed by atoms with Crippen LogP contribution in [0.1, 0.15) is 91.9 Å². The third-order valence-corrected chi connectivity index (χ3v) is 7.60. The fourth-order valence-electron chi connectivity index (χ4n) is 5.23. The van der Waals surface area contributed by atoms with Gasteiger partial charge in [-0.1, -0.05) is 39.0 Å². The largest absolute Gasteiger partial charge is 0.457 e. The number of Topliss-reactive ketones (excluding diaryl/α,β-unsaturated/α-hetero) is 3. The average Bonchev–Trinajstić information content (AvgIpc) is 2.79. The van der Waals surface area contributed by atoms with Crippen LogP contribution in [-0.2, 0) is 28.7 Å². The Labute approximate surface area is 210 Å². The number of cyclic esters (lactones) is 1. The van der Waals surface area contributed by atoms with Crippen molar-refractivity contribution in [2.24, 2.45) is 23.7 Å². The van der Waals surface area contributed by atoms with Crippen molar-refractivity contribution in [1.82, 2.24) is 0 Å². The second-order valence-electron chi connectivity index (χ2n) is 10.6. The van der Waals surface area contributed by atoms with Crippen LogP contribution in [0.4, 0.5) is 0 Å².